The second kappa shape index (κ2) is 4.28. The van der Waals surface area contributed by atoms with Crippen LogP contribution in [0.4, 0.5) is 0 Å². The van der Waals surface area contributed by atoms with Crippen LogP contribution in [0.3, 0.4) is 0 Å². The van der Waals surface area contributed by atoms with Crippen LogP contribution in [0, 0.1) is 0 Å². The van der Waals surface area contributed by atoms with E-state index in [2.05, 4.69) is 47.8 Å². The molecule has 0 aromatic carbocycles. The van der Waals surface area contributed by atoms with Gasteiger partial charge in [0.2, 0.25) is 0 Å². The van der Waals surface area contributed by atoms with Gasteiger partial charge in [0.25, 0.3) is 0 Å². The van der Waals surface area contributed by atoms with Gasteiger partial charge in [0.1, 0.15) is 2.14 Å². The molecule has 5 heteroatoms. The van der Waals surface area contributed by atoms with Crippen LogP contribution in [0.15, 0.2) is 0 Å². The van der Waals surface area contributed by atoms with Crippen LogP contribution in [0.1, 0.15) is 12.8 Å². The molecule has 56 valence electrons. The van der Waals surface area contributed by atoms with Crippen LogP contribution in [-0.4, -0.2) is 18.6 Å². The van der Waals surface area contributed by atoms with Crippen molar-refractivity contribution in [1.29, 1.82) is 0 Å². The molecule has 0 saturated carbocycles. The number of aliphatic hydroxyl groups is 2. The van der Waals surface area contributed by atoms with E-state index in [0.717, 1.165) is 0 Å². The van der Waals surface area contributed by atoms with Crippen molar-refractivity contribution < 1.29 is 10.2 Å². The quantitative estimate of drug-likeness (QED) is 0.601. The number of hydrogen-bond acceptors (Lipinski definition) is 2. The standard InChI is InChI=1S/C4H7Br3O2/c5-4(6,7)2-1-3(8)9/h3,8-9H,1-2H2. The number of halogens is 3. The summed E-state index contributed by atoms with van der Waals surface area (Å²) in [5.74, 6) is 0. The third-order valence-electron chi connectivity index (χ3n) is 0.686. The zero-order chi connectivity index (χ0) is 7.49. The lowest BCUT2D eigenvalue weighted by molar-refractivity contribution is -0.0456. The Hall–Kier alpha value is 1.36. The lowest BCUT2D eigenvalue weighted by Gasteiger charge is -2.11. The molecular formula is C4H7Br3O2. The summed E-state index contributed by atoms with van der Waals surface area (Å²) in [6, 6.07) is 0. The second-order valence-corrected chi connectivity index (χ2v) is 8.89. The van der Waals surface area contributed by atoms with Crippen molar-refractivity contribution in [3.05, 3.63) is 0 Å². The highest BCUT2D eigenvalue weighted by atomic mass is 80.0. The van der Waals surface area contributed by atoms with Gasteiger partial charge in [-0.3, -0.25) is 0 Å². The summed E-state index contributed by atoms with van der Waals surface area (Å²) >= 11 is 9.65. The SMILES string of the molecule is OC(O)CCC(Br)(Br)Br. The first-order valence-electron chi connectivity index (χ1n) is 2.35. The predicted octanol–water partition coefficient (Wildman–Crippen LogP) is 1.92. The minimum Gasteiger partial charge on any atom is -0.368 e. The molecule has 0 bridgehead atoms. The van der Waals surface area contributed by atoms with Crippen molar-refractivity contribution in [2.45, 2.75) is 21.3 Å². The fourth-order valence-electron chi connectivity index (χ4n) is 0.293. The highest BCUT2D eigenvalue weighted by molar-refractivity contribution is 9.39. The Bertz CT molecular complexity index is 78.4. The summed E-state index contributed by atoms with van der Waals surface area (Å²) in [4.78, 5) is 0. The zero-order valence-corrected chi connectivity index (χ0v) is 9.28. The third-order valence-corrected chi connectivity index (χ3v) is 1.88. The summed E-state index contributed by atoms with van der Waals surface area (Å²) in [6.07, 6.45) is -0.288. The summed E-state index contributed by atoms with van der Waals surface area (Å²) in [5, 5.41) is 16.8. The molecule has 0 aliphatic carbocycles. The van der Waals surface area contributed by atoms with Gasteiger partial charge in [-0.25, -0.2) is 0 Å². The molecule has 2 N–H and O–H groups in total. The van der Waals surface area contributed by atoms with Gasteiger partial charge in [-0.15, -0.1) is 0 Å². The van der Waals surface area contributed by atoms with Crippen molar-refractivity contribution in [3.8, 4) is 0 Å². The van der Waals surface area contributed by atoms with Gasteiger partial charge < -0.3 is 10.2 Å². The van der Waals surface area contributed by atoms with Gasteiger partial charge in [0.05, 0.1) is 0 Å². The Kier molecular flexibility index (Phi) is 4.93. The Labute approximate surface area is 79.0 Å². The average molecular weight is 327 g/mol. The molecule has 0 amide bonds. The van der Waals surface area contributed by atoms with Crippen molar-refractivity contribution in [1.82, 2.24) is 0 Å². The first-order valence-corrected chi connectivity index (χ1v) is 4.72. The molecule has 0 aromatic heterocycles. The van der Waals surface area contributed by atoms with Crippen molar-refractivity contribution >= 4 is 47.8 Å². The van der Waals surface area contributed by atoms with Gasteiger partial charge in [0.15, 0.2) is 6.29 Å². The lowest BCUT2D eigenvalue weighted by Crippen LogP contribution is -2.09. The zero-order valence-electron chi connectivity index (χ0n) is 4.52. The molecular weight excluding hydrogens is 320 g/mol. The van der Waals surface area contributed by atoms with E-state index in [-0.39, 0.29) is 2.14 Å². The first-order chi connectivity index (χ1) is 3.92. The van der Waals surface area contributed by atoms with Crippen molar-refractivity contribution in [2.24, 2.45) is 0 Å². The Morgan fingerprint density at radius 1 is 1.22 bits per heavy atom. The predicted molar refractivity (Wildman–Crippen MR) is 47.0 cm³/mol. The molecule has 0 radical (unpaired) electrons. The van der Waals surface area contributed by atoms with E-state index in [1.165, 1.54) is 0 Å². The van der Waals surface area contributed by atoms with Crippen molar-refractivity contribution in [2.75, 3.05) is 0 Å². The van der Waals surface area contributed by atoms with Crippen LogP contribution in [0.5, 0.6) is 0 Å². The first kappa shape index (κ1) is 10.4. The average Bonchev–Trinajstić information content (AvgIpc) is 1.59. The van der Waals surface area contributed by atoms with E-state index in [1.807, 2.05) is 0 Å². The molecule has 2 nitrogen and oxygen atoms in total. The molecule has 0 fully saturated rings. The fraction of sp³-hybridized carbons (Fsp3) is 1.00. The van der Waals surface area contributed by atoms with Crippen LogP contribution < -0.4 is 0 Å². The Morgan fingerprint density at radius 2 is 1.67 bits per heavy atom. The maximum atomic E-state index is 8.41. The van der Waals surface area contributed by atoms with Gasteiger partial charge >= 0.3 is 0 Å². The summed E-state index contributed by atoms with van der Waals surface area (Å²) in [6.45, 7) is 0. The normalized spacial score (nSPS) is 12.7. The molecule has 0 rings (SSSR count). The molecule has 0 aliphatic rings. The van der Waals surface area contributed by atoms with Crippen LogP contribution >= 0.6 is 47.8 Å². The monoisotopic (exact) mass is 324 g/mol. The topological polar surface area (TPSA) is 40.5 Å². The van der Waals surface area contributed by atoms with Crippen LogP contribution in [-0.2, 0) is 0 Å². The molecule has 0 aromatic rings. The molecule has 0 aliphatic heterocycles. The largest absolute Gasteiger partial charge is 0.368 e. The van der Waals surface area contributed by atoms with Gasteiger partial charge in [-0.1, -0.05) is 47.8 Å². The molecule has 0 heterocycles. The smallest absolute Gasteiger partial charge is 0.151 e. The third kappa shape index (κ3) is 9.36. The molecule has 9 heavy (non-hydrogen) atoms. The van der Waals surface area contributed by atoms with E-state index in [0.29, 0.717) is 12.8 Å². The van der Waals surface area contributed by atoms with E-state index < -0.39 is 6.29 Å². The maximum Gasteiger partial charge on any atom is 0.151 e. The molecule has 0 atom stereocenters. The van der Waals surface area contributed by atoms with Gasteiger partial charge in [0, 0.05) is 6.42 Å². The summed E-state index contributed by atoms with van der Waals surface area (Å²) in [5.41, 5.74) is 0. The van der Waals surface area contributed by atoms with Gasteiger partial charge in [-0.2, -0.15) is 0 Å². The Morgan fingerprint density at radius 3 is 1.78 bits per heavy atom. The minimum absolute atomic E-state index is 0.335. The second-order valence-electron chi connectivity index (χ2n) is 1.63. The van der Waals surface area contributed by atoms with Gasteiger partial charge in [-0.05, 0) is 6.42 Å². The van der Waals surface area contributed by atoms with E-state index in [4.69, 9.17) is 10.2 Å². The Balaban J connectivity index is 3.28. The highest BCUT2D eigenvalue weighted by Crippen LogP contribution is 2.38. The summed E-state index contributed by atoms with van der Waals surface area (Å²) < 4.78 is -0.350. The minimum atomic E-state index is -1.22. The molecule has 0 spiro atoms. The van der Waals surface area contributed by atoms with Crippen LogP contribution in [0.25, 0.3) is 0 Å². The number of alkyl halides is 3. The van der Waals surface area contributed by atoms with E-state index >= 15 is 0 Å². The van der Waals surface area contributed by atoms with Crippen molar-refractivity contribution in [3.63, 3.8) is 0 Å². The van der Waals surface area contributed by atoms with E-state index in [1.54, 1.807) is 0 Å². The molecule has 0 unspecified atom stereocenters. The number of rotatable bonds is 2. The fourth-order valence-corrected chi connectivity index (χ4v) is 0.980. The number of aliphatic hydroxyl groups excluding tert-OH is 1. The lowest BCUT2D eigenvalue weighted by atomic mass is 10.3. The van der Waals surface area contributed by atoms with E-state index in [9.17, 15) is 0 Å². The number of hydrogen-bond donors (Lipinski definition) is 2. The molecule has 0 saturated heterocycles. The van der Waals surface area contributed by atoms with Crippen LogP contribution in [0.2, 0.25) is 0 Å². The maximum absolute atomic E-state index is 8.41. The highest BCUT2D eigenvalue weighted by Gasteiger charge is 2.17. The summed E-state index contributed by atoms with van der Waals surface area (Å²) in [7, 11) is 0.